The van der Waals surface area contributed by atoms with E-state index in [9.17, 15) is 8.76 Å². The molecule has 5 heteroatoms. The molecule has 1 aromatic rings. The third-order valence-electron chi connectivity index (χ3n) is 1.35. The van der Waals surface area contributed by atoms with Crippen LogP contribution in [0.2, 0.25) is 0 Å². The predicted octanol–water partition coefficient (Wildman–Crippen LogP) is 1.94. The zero-order chi connectivity index (χ0) is 11.5. The minimum Gasteiger partial charge on any atom is -0.760 e. The van der Waals surface area contributed by atoms with Crippen LogP contribution < -0.4 is 4.72 Å². The Morgan fingerprint density at radius 2 is 2.07 bits per heavy atom. The van der Waals surface area contributed by atoms with Crippen LogP contribution in [-0.4, -0.2) is 21.2 Å². The molecule has 0 spiro atoms. The van der Waals surface area contributed by atoms with E-state index < -0.39 is 11.3 Å². The van der Waals surface area contributed by atoms with Crippen LogP contribution >= 0.6 is 11.6 Å². The molecule has 1 unspecified atom stereocenters. The van der Waals surface area contributed by atoms with Gasteiger partial charge in [-0.2, -0.15) is 0 Å². The molecular weight excluding hydrogens is 234 g/mol. The molecular formula is C10H13ClNO2S-. The molecule has 0 saturated carbocycles. The van der Waals surface area contributed by atoms with Crippen molar-refractivity contribution in [1.29, 1.82) is 0 Å². The molecule has 0 aliphatic rings. The SMILES string of the molecule is C=Cc1ccccc1.O=S([O-])NCCCl. The molecule has 3 nitrogen and oxygen atoms in total. The van der Waals surface area contributed by atoms with Gasteiger partial charge < -0.3 is 4.55 Å². The first-order chi connectivity index (χ1) is 7.20. The second-order valence-corrected chi connectivity index (χ2v) is 3.57. The number of nitrogens with one attached hydrogen (secondary N) is 1. The Hall–Kier alpha value is -0.680. The topological polar surface area (TPSA) is 52.2 Å². The fourth-order valence-electron chi connectivity index (χ4n) is 0.711. The van der Waals surface area contributed by atoms with E-state index in [4.69, 9.17) is 11.6 Å². The molecule has 0 saturated heterocycles. The van der Waals surface area contributed by atoms with Crippen molar-refractivity contribution in [2.75, 3.05) is 12.4 Å². The van der Waals surface area contributed by atoms with Gasteiger partial charge in [-0.3, -0.25) is 4.21 Å². The molecule has 0 fully saturated rings. The molecule has 0 aliphatic carbocycles. The van der Waals surface area contributed by atoms with Gasteiger partial charge in [-0.25, -0.2) is 4.72 Å². The summed E-state index contributed by atoms with van der Waals surface area (Å²) >= 11 is 2.96. The molecule has 0 aromatic heterocycles. The van der Waals surface area contributed by atoms with E-state index in [1.54, 1.807) is 0 Å². The number of benzene rings is 1. The molecule has 0 radical (unpaired) electrons. The standard InChI is InChI=1S/C8H8.C2H6ClNO2S/c1-2-8-6-4-3-5-7-8;3-1-2-4-7(5)6/h2-7H,1H2;4H,1-2H2,(H,5,6)/p-1. The van der Waals surface area contributed by atoms with Crippen LogP contribution in [0.15, 0.2) is 36.9 Å². The van der Waals surface area contributed by atoms with Crippen molar-refractivity contribution in [1.82, 2.24) is 4.72 Å². The summed E-state index contributed by atoms with van der Waals surface area (Å²) in [6.45, 7) is 3.93. The van der Waals surface area contributed by atoms with Crippen LogP contribution in [-0.2, 0) is 11.3 Å². The van der Waals surface area contributed by atoms with Crippen molar-refractivity contribution in [2.45, 2.75) is 0 Å². The maximum absolute atomic E-state index is 9.59. The molecule has 1 aromatic carbocycles. The first-order valence-electron chi connectivity index (χ1n) is 4.27. The summed E-state index contributed by atoms with van der Waals surface area (Å²) in [6, 6.07) is 10.0. The van der Waals surface area contributed by atoms with Crippen molar-refractivity contribution >= 4 is 28.9 Å². The van der Waals surface area contributed by atoms with E-state index in [-0.39, 0.29) is 0 Å². The van der Waals surface area contributed by atoms with Gasteiger partial charge in [-0.05, 0) is 5.56 Å². The molecule has 0 amide bonds. The van der Waals surface area contributed by atoms with Gasteiger partial charge in [0.15, 0.2) is 0 Å². The zero-order valence-corrected chi connectivity index (χ0v) is 9.76. The molecule has 0 heterocycles. The van der Waals surface area contributed by atoms with Crippen LogP contribution in [0.4, 0.5) is 0 Å². The van der Waals surface area contributed by atoms with E-state index in [1.165, 1.54) is 5.56 Å². The number of alkyl halides is 1. The van der Waals surface area contributed by atoms with Crippen LogP contribution in [0.25, 0.3) is 6.08 Å². The molecule has 1 N–H and O–H groups in total. The molecule has 0 aliphatic heterocycles. The van der Waals surface area contributed by atoms with E-state index in [0.717, 1.165) is 0 Å². The Morgan fingerprint density at radius 3 is 2.33 bits per heavy atom. The smallest absolute Gasteiger partial charge is 0.0358 e. The lowest BCUT2D eigenvalue weighted by atomic mass is 10.2. The van der Waals surface area contributed by atoms with Gasteiger partial charge in [0.2, 0.25) is 0 Å². The monoisotopic (exact) mass is 246 g/mol. The summed E-state index contributed by atoms with van der Waals surface area (Å²) in [5.74, 6) is 0.313. The van der Waals surface area contributed by atoms with Crippen LogP contribution in [0.3, 0.4) is 0 Å². The quantitative estimate of drug-likeness (QED) is 0.652. The first-order valence-corrected chi connectivity index (χ1v) is 5.88. The lowest BCUT2D eigenvalue weighted by Gasteiger charge is -2.02. The highest BCUT2D eigenvalue weighted by Gasteiger charge is 1.77. The van der Waals surface area contributed by atoms with Crippen molar-refractivity contribution in [2.24, 2.45) is 0 Å². The first kappa shape index (κ1) is 14.3. The van der Waals surface area contributed by atoms with Gasteiger partial charge in [0, 0.05) is 23.7 Å². The summed E-state index contributed by atoms with van der Waals surface area (Å²) in [6.07, 6.45) is 1.83. The normalized spacial score (nSPS) is 11.1. The second kappa shape index (κ2) is 9.86. The van der Waals surface area contributed by atoms with E-state index in [1.807, 2.05) is 36.4 Å². The largest absolute Gasteiger partial charge is 0.760 e. The van der Waals surface area contributed by atoms with Gasteiger partial charge in [0.1, 0.15) is 0 Å². The van der Waals surface area contributed by atoms with Gasteiger partial charge in [0.05, 0.1) is 0 Å². The van der Waals surface area contributed by atoms with Crippen molar-refractivity contribution < 1.29 is 8.76 Å². The highest BCUT2D eigenvalue weighted by molar-refractivity contribution is 7.77. The summed E-state index contributed by atoms with van der Waals surface area (Å²) in [7, 11) is 0. The Morgan fingerprint density at radius 1 is 1.47 bits per heavy atom. The highest BCUT2D eigenvalue weighted by atomic mass is 35.5. The van der Waals surface area contributed by atoms with Gasteiger partial charge in [-0.1, -0.05) is 43.0 Å². The zero-order valence-electron chi connectivity index (χ0n) is 8.19. The summed E-state index contributed by atoms with van der Waals surface area (Å²) in [5.41, 5.74) is 1.17. The highest BCUT2D eigenvalue weighted by Crippen LogP contribution is 1.97. The Labute approximate surface area is 97.6 Å². The Balaban J connectivity index is 0.000000265. The van der Waals surface area contributed by atoms with Crippen molar-refractivity contribution in [3.63, 3.8) is 0 Å². The average molecular weight is 247 g/mol. The lowest BCUT2D eigenvalue weighted by Crippen LogP contribution is -2.18. The minimum atomic E-state index is -2.15. The van der Waals surface area contributed by atoms with E-state index in [0.29, 0.717) is 12.4 Å². The van der Waals surface area contributed by atoms with Gasteiger partial charge >= 0.3 is 0 Å². The molecule has 1 atom stereocenters. The van der Waals surface area contributed by atoms with Crippen LogP contribution in [0.5, 0.6) is 0 Å². The summed E-state index contributed by atoms with van der Waals surface area (Å²) in [4.78, 5) is 0. The fraction of sp³-hybridized carbons (Fsp3) is 0.200. The van der Waals surface area contributed by atoms with Crippen molar-refractivity contribution in [3.8, 4) is 0 Å². The number of halogens is 1. The van der Waals surface area contributed by atoms with Crippen LogP contribution in [0, 0.1) is 0 Å². The Kier molecular flexibility index (Phi) is 9.41. The van der Waals surface area contributed by atoms with Crippen LogP contribution in [0.1, 0.15) is 5.56 Å². The molecule has 0 bridgehead atoms. The number of hydrogen-bond acceptors (Lipinski definition) is 2. The minimum absolute atomic E-state index is 0.303. The third-order valence-corrected chi connectivity index (χ3v) is 1.98. The Bertz CT molecular complexity index is 293. The lowest BCUT2D eigenvalue weighted by molar-refractivity contribution is 0.525. The maximum Gasteiger partial charge on any atom is 0.0358 e. The molecule has 84 valence electrons. The maximum atomic E-state index is 9.59. The number of rotatable bonds is 4. The third kappa shape index (κ3) is 9.62. The van der Waals surface area contributed by atoms with E-state index >= 15 is 0 Å². The molecule has 15 heavy (non-hydrogen) atoms. The molecule has 1 rings (SSSR count). The number of hydrogen-bond donors (Lipinski definition) is 1. The summed E-state index contributed by atoms with van der Waals surface area (Å²) in [5, 5.41) is 0. The average Bonchev–Trinajstić information content (AvgIpc) is 2.28. The van der Waals surface area contributed by atoms with Crippen molar-refractivity contribution in [3.05, 3.63) is 42.5 Å². The second-order valence-electron chi connectivity index (χ2n) is 2.43. The summed E-state index contributed by atoms with van der Waals surface area (Å²) < 4.78 is 21.3. The fourth-order valence-corrected chi connectivity index (χ4v) is 1.19. The predicted molar refractivity (Wildman–Crippen MR) is 64.2 cm³/mol. The van der Waals surface area contributed by atoms with Gasteiger partial charge in [0.25, 0.3) is 0 Å². The van der Waals surface area contributed by atoms with Gasteiger partial charge in [-0.15, -0.1) is 11.6 Å². The van der Waals surface area contributed by atoms with E-state index in [2.05, 4.69) is 11.3 Å².